The van der Waals surface area contributed by atoms with Gasteiger partial charge in [0, 0.05) is 12.3 Å². The van der Waals surface area contributed by atoms with E-state index < -0.39 is 0 Å². The zero-order valence-electron chi connectivity index (χ0n) is 12.7. The molecule has 21 heavy (non-hydrogen) atoms. The van der Waals surface area contributed by atoms with E-state index in [-0.39, 0.29) is 0 Å². The molecule has 3 heteroatoms. The third-order valence-corrected chi connectivity index (χ3v) is 5.22. The minimum Gasteiger partial charge on any atom is -0.411 e. The van der Waals surface area contributed by atoms with Crippen LogP contribution in [-0.4, -0.2) is 29.4 Å². The van der Waals surface area contributed by atoms with Crippen molar-refractivity contribution in [3.63, 3.8) is 0 Å². The molecular weight excluding hydrogens is 260 g/mol. The van der Waals surface area contributed by atoms with Crippen molar-refractivity contribution in [1.82, 2.24) is 4.90 Å². The highest BCUT2D eigenvalue weighted by Crippen LogP contribution is 2.40. The predicted octanol–water partition coefficient (Wildman–Crippen LogP) is 4.09. The summed E-state index contributed by atoms with van der Waals surface area (Å²) < 4.78 is 0. The smallest absolute Gasteiger partial charge is 0.0466 e. The van der Waals surface area contributed by atoms with Crippen LogP contribution in [0.1, 0.15) is 50.1 Å². The lowest BCUT2D eigenvalue weighted by Gasteiger charge is -2.38. The molecule has 1 aromatic carbocycles. The molecule has 1 N–H and O–H groups in total. The van der Waals surface area contributed by atoms with Crippen LogP contribution >= 0.6 is 0 Å². The fourth-order valence-electron chi connectivity index (χ4n) is 4.16. The van der Waals surface area contributed by atoms with Crippen molar-refractivity contribution in [1.29, 1.82) is 0 Å². The van der Waals surface area contributed by atoms with Crippen LogP contribution < -0.4 is 0 Å². The Hall–Kier alpha value is -1.35. The molecule has 0 aromatic heterocycles. The Kier molecular flexibility index (Phi) is 4.91. The number of rotatable bonds is 4. The molecule has 1 atom stereocenters. The molecule has 1 heterocycles. The summed E-state index contributed by atoms with van der Waals surface area (Å²) in [5, 5.41) is 11.9. The number of benzene rings is 1. The summed E-state index contributed by atoms with van der Waals surface area (Å²) >= 11 is 0. The predicted molar refractivity (Wildman–Crippen MR) is 85.7 cm³/mol. The van der Waals surface area contributed by atoms with E-state index in [4.69, 9.17) is 5.21 Å². The number of hydrogen-bond acceptors (Lipinski definition) is 3. The Morgan fingerprint density at radius 2 is 1.71 bits per heavy atom. The highest BCUT2D eigenvalue weighted by atomic mass is 16.4. The summed E-state index contributed by atoms with van der Waals surface area (Å²) in [5.74, 6) is 1.22. The van der Waals surface area contributed by atoms with Gasteiger partial charge < -0.3 is 5.21 Å². The van der Waals surface area contributed by atoms with Crippen molar-refractivity contribution in [2.45, 2.75) is 44.6 Å². The first-order valence-corrected chi connectivity index (χ1v) is 8.35. The highest BCUT2D eigenvalue weighted by molar-refractivity contribution is 5.59. The van der Waals surface area contributed by atoms with Gasteiger partial charge in [-0.25, -0.2) is 0 Å². The van der Waals surface area contributed by atoms with Crippen molar-refractivity contribution in [3.05, 3.63) is 35.9 Å². The van der Waals surface area contributed by atoms with Gasteiger partial charge >= 0.3 is 0 Å². The zero-order chi connectivity index (χ0) is 14.5. The maximum atomic E-state index is 8.71. The molecule has 1 aliphatic carbocycles. The lowest BCUT2D eigenvalue weighted by atomic mass is 9.76. The highest BCUT2D eigenvalue weighted by Gasteiger charge is 2.33. The first-order valence-electron chi connectivity index (χ1n) is 8.35. The lowest BCUT2D eigenvalue weighted by molar-refractivity contribution is 0.136. The Bertz CT molecular complexity index is 446. The van der Waals surface area contributed by atoms with Crippen molar-refractivity contribution < 1.29 is 5.21 Å². The minimum atomic E-state index is 0.473. The van der Waals surface area contributed by atoms with Gasteiger partial charge in [0.1, 0.15) is 0 Å². The standard InChI is InChI=1S/C18H26N2O/c21-19-14-15-8-10-17(11-9-15)18(20-12-4-5-13-20)16-6-2-1-3-7-16/h1-3,6-7,14-15,17-18,21H,4-5,8-13H2/b19-14+. The molecule has 1 aliphatic heterocycles. The van der Waals surface area contributed by atoms with Crippen molar-refractivity contribution >= 4 is 6.21 Å². The van der Waals surface area contributed by atoms with Crippen LogP contribution in [0.25, 0.3) is 0 Å². The van der Waals surface area contributed by atoms with E-state index in [1.165, 1.54) is 44.3 Å². The molecule has 3 nitrogen and oxygen atoms in total. The number of likely N-dealkylation sites (tertiary alicyclic amines) is 1. The molecule has 2 aliphatic rings. The molecule has 2 fully saturated rings. The second-order valence-electron chi connectivity index (χ2n) is 6.54. The Morgan fingerprint density at radius 1 is 1.05 bits per heavy atom. The molecule has 0 amide bonds. The largest absolute Gasteiger partial charge is 0.411 e. The van der Waals surface area contributed by atoms with Gasteiger partial charge in [-0.2, -0.15) is 0 Å². The van der Waals surface area contributed by atoms with E-state index in [2.05, 4.69) is 40.4 Å². The van der Waals surface area contributed by atoms with Crippen molar-refractivity contribution in [2.75, 3.05) is 13.1 Å². The zero-order valence-corrected chi connectivity index (χ0v) is 12.7. The van der Waals surface area contributed by atoms with Gasteiger partial charge in [0.05, 0.1) is 0 Å². The third kappa shape index (κ3) is 3.46. The summed E-state index contributed by atoms with van der Waals surface area (Å²) in [6.45, 7) is 2.50. The number of hydrogen-bond donors (Lipinski definition) is 1. The molecule has 1 saturated carbocycles. The number of nitrogens with zero attached hydrogens (tertiary/aromatic N) is 2. The third-order valence-electron chi connectivity index (χ3n) is 5.22. The van der Waals surface area contributed by atoms with E-state index in [0.717, 1.165) is 18.8 Å². The Balaban J connectivity index is 1.74. The van der Waals surface area contributed by atoms with Crippen LogP contribution in [0.15, 0.2) is 35.5 Å². The van der Waals surface area contributed by atoms with Crippen molar-refractivity contribution in [3.8, 4) is 0 Å². The summed E-state index contributed by atoms with van der Waals surface area (Å²) in [7, 11) is 0. The summed E-state index contributed by atoms with van der Waals surface area (Å²) in [4.78, 5) is 2.69. The second kappa shape index (κ2) is 7.08. The average Bonchev–Trinajstić information content (AvgIpc) is 3.05. The fraction of sp³-hybridized carbons (Fsp3) is 0.611. The van der Waals surface area contributed by atoms with Crippen molar-refractivity contribution in [2.24, 2.45) is 17.0 Å². The lowest BCUT2D eigenvalue weighted by Crippen LogP contribution is -2.33. The van der Waals surface area contributed by atoms with Gasteiger partial charge in [0.2, 0.25) is 0 Å². The van der Waals surface area contributed by atoms with Gasteiger partial charge in [-0.15, -0.1) is 5.16 Å². The minimum absolute atomic E-state index is 0.473. The molecule has 0 radical (unpaired) electrons. The normalized spacial score (nSPS) is 29.0. The monoisotopic (exact) mass is 286 g/mol. The molecule has 114 valence electrons. The van der Waals surface area contributed by atoms with E-state index in [9.17, 15) is 0 Å². The molecular formula is C18H26N2O. The maximum Gasteiger partial charge on any atom is 0.0466 e. The topological polar surface area (TPSA) is 35.8 Å². The quantitative estimate of drug-likeness (QED) is 0.514. The molecule has 0 bridgehead atoms. The van der Waals surface area contributed by atoms with Crippen LogP contribution in [0.5, 0.6) is 0 Å². The van der Waals surface area contributed by atoms with E-state index >= 15 is 0 Å². The summed E-state index contributed by atoms with van der Waals surface area (Å²) in [6, 6.07) is 11.6. The van der Waals surface area contributed by atoms with E-state index in [1.807, 2.05) is 0 Å². The first-order chi connectivity index (χ1) is 10.4. The van der Waals surface area contributed by atoms with Gasteiger partial charge in [-0.3, -0.25) is 4.90 Å². The molecule has 1 unspecified atom stereocenters. The molecule has 0 spiro atoms. The summed E-state index contributed by atoms with van der Waals surface area (Å²) in [6.07, 6.45) is 9.21. The SMILES string of the molecule is O/N=C/C1CCC(C(c2ccccc2)N2CCCC2)CC1. The van der Waals surface area contributed by atoms with Gasteiger partial charge in [-0.1, -0.05) is 30.3 Å². The molecule has 1 saturated heterocycles. The maximum absolute atomic E-state index is 8.71. The van der Waals surface area contributed by atoms with E-state index in [0.29, 0.717) is 12.0 Å². The van der Waals surface area contributed by atoms with E-state index in [1.54, 1.807) is 6.21 Å². The van der Waals surface area contributed by atoms with Crippen LogP contribution in [0.4, 0.5) is 0 Å². The van der Waals surface area contributed by atoms with Gasteiger partial charge in [0.15, 0.2) is 0 Å². The summed E-state index contributed by atoms with van der Waals surface area (Å²) in [5.41, 5.74) is 1.48. The van der Waals surface area contributed by atoms with Crippen LogP contribution in [-0.2, 0) is 0 Å². The van der Waals surface area contributed by atoms with Gasteiger partial charge in [0.25, 0.3) is 0 Å². The first kappa shape index (κ1) is 14.6. The molecule has 3 rings (SSSR count). The fourth-order valence-corrected chi connectivity index (χ4v) is 4.16. The number of oxime groups is 1. The second-order valence-corrected chi connectivity index (χ2v) is 6.54. The van der Waals surface area contributed by atoms with Crippen LogP contribution in [0.2, 0.25) is 0 Å². The van der Waals surface area contributed by atoms with Gasteiger partial charge in [-0.05, 0) is 69.0 Å². The van der Waals surface area contributed by atoms with Crippen LogP contribution in [0, 0.1) is 11.8 Å². The Labute approximate surface area is 127 Å². The van der Waals surface area contributed by atoms with Crippen LogP contribution in [0.3, 0.4) is 0 Å². The molecule has 1 aromatic rings. The average molecular weight is 286 g/mol. The Morgan fingerprint density at radius 3 is 2.33 bits per heavy atom.